The van der Waals surface area contributed by atoms with Gasteiger partial charge in [0.25, 0.3) is 0 Å². The van der Waals surface area contributed by atoms with E-state index in [-0.39, 0.29) is 5.76 Å². The molecule has 0 amide bonds. The van der Waals surface area contributed by atoms with E-state index in [2.05, 4.69) is 4.99 Å². The summed E-state index contributed by atoms with van der Waals surface area (Å²) in [5.74, 6) is 1.80. The third-order valence-corrected chi connectivity index (χ3v) is 0.787. The first-order valence-electron chi connectivity index (χ1n) is 2.31. The van der Waals surface area contributed by atoms with E-state index in [0.717, 1.165) is 0 Å². The summed E-state index contributed by atoms with van der Waals surface area (Å²) < 4.78 is 4.77. The van der Waals surface area contributed by atoms with Gasteiger partial charge in [-0.15, -0.1) is 0 Å². The molecule has 0 aliphatic carbocycles. The molecule has 8 heavy (non-hydrogen) atoms. The molecule has 1 aliphatic heterocycles. The highest BCUT2D eigenvalue weighted by Crippen LogP contribution is 1.92. The predicted octanol–water partition coefficient (Wildman–Crippen LogP) is -0.197. The quantitative estimate of drug-likeness (QED) is 0.406. The lowest BCUT2D eigenvalue weighted by Crippen LogP contribution is -2.06. The summed E-state index contributed by atoms with van der Waals surface area (Å²) >= 11 is 0. The van der Waals surface area contributed by atoms with Crippen LogP contribution >= 0.6 is 0 Å². The summed E-state index contributed by atoms with van der Waals surface area (Å²) in [5.41, 5.74) is 0. The zero-order valence-electron chi connectivity index (χ0n) is 4.26. The lowest BCUT2D eigenvalue weighted by Gasteiger charge is -2.04. The second-order valence-electron chi connectivity index (χ2n) is 1.35. The van der Waals surface area contributed by atoms with Gasteiger partial charge in [-0.1, -0.05) is 0 Å². The normalized spacial score (nSPS) is 17.2. The van der Waals surface area contributed by atoms with Crippen LogP contribution in [0.15, 0.2) is 10.8 Å². The summed E-state index contributed by atoms with van der Waals surface area (Å²) in [7, 11) is 0. The van der Waals surface area contributed by atoms with Crippen LogP contribution in [0.1, 0.15) is 0 Å². The smallest absolute Gasteiger partial charge is 0.221 e. The van der Waals surface area contributed by atoms with Crippen molar-refractivity contribution in [1.82, 2.24) is 0 Å². The first kappa shape index (κ1) is 5.06. The van der Waals surface area contributed by atoms with Crippen LogP contribution in [0.4, 0.5) is 0 Å². The largest absolute Gasteiger partial charge is 0.480 e. The van der Waals surface area contributed by atoms with E-state index in [4.69, 9.17) is 4.74 Å². The highest BCUT2D eigenvalue weighted by Gasteiger charge is 1.97. The van der Waals surface area contributed by atoms with Gasteiger partial charge in [-0.05, 0) is 0 Å². The van der Waals surface area contributed by atoms with E-state index in [1.54, 1.807) is 5.94 Å². The molecule has 0 bridgehead atoms. The minimum atomic E-state index is 0.205. The van der Waals surface area contributed by atoms with Crippen LogP contribution in [0, 0.1) is 0 Å². The Balaban J connectivity index is 2.70. The third kappa shape index (κ3) is 0.950. The molecular formula is C5H5NO2. The van der Waals surface area contributed by atoms with Crippen molar-refractivity contribution in [1.29, 1.82) is 0 Å². The maximum atomic E-state index is 9.78. The maximum Gasteiger partial charge on any atom is 0.221 e. The minimum Gasteiger partial charge on any atom is -0.480 e. The monoisotopic (exact) mass is 111 g/mol. The first-order valence-corrected chi connectivity index (χ1v) is 2.31. The molecule has 0 radical (unpaired) electrons. The van der Waals surface area contributed by atoms with Crippen LogP contribution in [0.5, 0.6) is 0 Å². The second kappa shape index (κ2) is 2.28. The molecule has 0 N–H and O–H groups in total. The first-order chi connectivity index (χ1) is 3.93. The van der Waals surface area contributed by atoms with Gasteiger partial charge in [0.15, 0.2) is 5.94 Å². The fourth-order valence-corrected chi connectivity index (χ4v) is 0.449. The SMILES string of the molecule is O=C=C1C=NCCO1. The molecule has 1 heterocycles. The van der Waals surface area contributed by atoms with Gasteiger partial charge in [0, 0.05) is 0 Å². The standard InChI is InChI=1S/C5H5NO2/c7-4-5-3-6-1-2-8-5/h3H,1-2H2. The summed E-state index contributed by atoms with van der Waals surface area (Å²) in [6, 6.07) is 0. The van der Waals surface area contributed by atoms with E-state index < -0.39 is 0 Å². The Morgan fingerprint density at radius 1 is 1.88 bits per heavy atom. The van der Waals surface area contributed by atoms with Gasteiger partial charge in [-0.2, -0.15) is 0 Å². The molecule has 0 saturated heterocycles. The van der Waals surface area contributed by atoms with Gasteiger partial charge >= 0.3 is 0 Å². The van der Waals surface area contributed by atoms with Crippen molar-refractivity contribution >= 4 is 12.2 Å². The molecular weight excluding hydrogens is 106 g/mol. The number of allylic oxidation sites excluding steroid dienone is 1. The Labute approximate surface area is 46.7 Å². The van der Waals surface area contributed by atoms with Crippen molar-refractivity contribution in [2.24, 2.45) is 4.99 Å². The molecule has 0 fully saturated rings. The Kier molecular flexibility index (Phi) is 1.45. The second-order valence-corrected chi connectivity index (χ2v) is 1.35. The topological polar surface area (TPSA) is 38.7 Å². The summed E-state index contributed by atoms with van der Waals surface area (Å²) in [4.78, 5) is 13.6. The van der Waals surface area contributed by atoms with Crippen molar-refractivity contribution in [2.45, 2.75) is 0 Å². The summed E-state index contributed by atoms with van der Waals surface area (Å²) in [6.07, 6.45) is 1.39. The lowest BCUT2D eigenvalue weighted by molar-refractivity contribution is 0.237. The number of ether oxygens (including phenoxy) is 1. The third-order valence-electron chi connectivity index (χ3n) is 0.787. The van der Waals surface area contributed by atoms with E-state index in [9.17, 15) is 4.79 Å². The van der Waals surface area contributed by atoms with Gasteiger partial charge in [0.05, 0.1) is 12.8 Å². The van der Waals surface area contributed by atoms with Crippen LogP contribution < -0.4 is 0 Å². The molecule has 0 atom stereocenters. The van der Waals surface area contributed by atoms with Crippen LogP contribution in [0.25, 0.3) is 0 Å². The predicted molar refractivity (Wildman–Crippen MR) is 28.5 cm³/mol. The van der Waals surface area contributed by atoms with Crippen LogP contribution in [0.3, 0.4) is 0 Å². The van der Waals surface area contributed by atoms with E-state index in [0.29, 0.717) is 13.2 Å². The molecule has 0 spiro atoms. The van der Waals surface area contributed by atoms with Crippen molar-refractivity contribution in [3.05, 3.63) is 5.76 Å². The van der Waals surface area contributed by atoms with E-state index in [1.165, 1.54) is 6.21 Å². The average molecular weight is 111 g/mol. The molecule has 3 nitrogen and oxygen atoms in total. The Morgan fingerprint density at radius 2 is 2.75 bits per heavy atom. The van der Waals surface area contributed by atoms with Gasteiger partial charge in [0.2, 0.25) is 5.76 Å². The summed E-state index contributed by atoms with van der Waals surface area (Å²) in [5, 5.41) is 0. The van der Waals surface area contributed by atoms with Gasteiger partial charge in [-0.25, -0.2) is 4.79 Å². The maximum absolute atomic E-state index is 9.78. The molecule has 0 aromatic rings. The highest BCUT2D eigenvalue weighted by molar-refractivity contribution is 5.86. The van der Waals surface area contributed by atoms with Crippen LogP contribution in [-0.2, 0) is 9.53 Å². The van der Waals surface area contributed by atoms with Crippen molar-refractivity contribution in [3.63, 3.8) is 0 Å². The Bertz CT molecular complexity index is 156. The Hall–Kier alpha value is -1.08. The number of hydrogen-bond acceptors (Lipinski definition) is 3. The molecule has 1 rings (SSSR count). The molecule has 1 aliphatic rings. The number of aliphatic imine (C=N–C) groups is 1. The van der Waals surface area contributed by atoms with Crippen molar-refractivity contribution < 1.29 is 9.53 Å². The number of carbonyl (C=O) groups excluding carboxylic acids is 1. The van der Waals surface area contributed by atoms with Gasteiger partial charge < -0.3 is 4.74 Å². The molecule has 0 saturated carbocycles. The molecule has 0 unspecified atom stereocenters. The zero-order valence-corrected chi connectivity index (χ0v) is 4.26. The molecule has 42 valence electrons. The fourth-order valence-electron chi connectivity index (χ4n) is 0.449. The number of rotatable bonds is 0. The minimum absolute atomic E-state index is 0.205. The molecule has 0 aromatic heterocycles. The van der Waals surface area contributed by atoms with Crippen LogP contribution in [0.2, 0.25) is 0 Å². The van der Waals surface area contributed by atoms with Crippen LogP contribution in [-0.4, -0.2) is 25.3 Å². The fraction of sp³-hybridized carbons (Fsp3) is 0.400. The summed E-state index contributed by atoms with van der Waals surface area (Å²) in [6.45, 7) is 1.15. The van der Waals surface area contributed by atoms with E-state index in [1.807, 2.05) is 0 Å². The average Bonchev–Trinajstić information content (AvgIpc) is 1.90. The van der Waals surface area contributed by atoms with Crippen molar-refractivity contribution in [3.8, 4) is 0 Å². The highest BCUT2D eigenvalue weighted by atomic mass is 16.5. The molecule has 3 heteroatoms. The molecule has 0 aromatic carbocycles. The van der Waals surface area contributed by atoms with Gasteiger partial charge in [-0.3, -0.25) is 4.99 Å². The Morgan fingerprint density at radius 3 is 3.12 bits per heavy atom. The lowest BCUT2D eigenvalue weighted by atomic mass is 10.5. The van der Waals surface area contributed by atoms with Gasteiger partial charge in [0.1, 0.15) is 6.61 Å². The van der Waals surface area contributed by atoms with Crippen molar-refractivity contribution in [2.75, 3.05) is 13.2 Å². The number of nitrogens with zero attached hydrogens (tertiary/aromatic N) is 1. The zero-order chi connectivity index (χ0) is 5.82. The van der Waals surface area contributed by atoms with E-state index >= 15 is 0 Å². The number of hydrogen-bond donors (Lipinski definition) is 0.